The van der Waals surface area contributed by atoms with Crippen molar-refractivity contribution in [1.82, 2.24) is 5.32 Å². The highest BCUT2D eigenvalue weighted by Crippen LogP contribution is 2.34. The van der Waals surface area contributed by atoms with Gasteiger partial charge in [0.05, 0.1) is 13.2 Å². The number of ether oxygens (including phenoxy) is 1. The normalized spacial score (nSPS) is 24.6. The maximum absolute atomic E-state index is 9.83. The molecule has 1 aliphatic rings. The third-order valence-corrected chi connectivity index (χ3v) is 3.87. The Morgan fingerprint density at radius 1 is 1.22 bits per heavy atom. The van der Waals surface area contributed by atoms with Crippen molar-refractivity contribution in [3.8, 4) is 5.75 Å². The van der Waals surface area contributed by atoms with Crippen LogP contribution in [0.4, 0.5) is 0 Å². The van der Waals surface area contributed by atoms with E-state index in [0.29, 0.717) is 6.61 Å². The molecule has 0 saturated carbocycles. The van der Waals surface area contributed by atoms with Gasteiger partial charge in [0, 0.05) is 5.41 Å². The van der Waals surface area contributed by atoms with Crippen molar-refractivity contribution in [1.29, 1.82) is 0 Å². The van der Waals surface area contributed by atoms with Gasteiger partial charge in [-0.15, -0.1) is 0 Å². The van der Waals surface area contributed by atoms with Crippen molar-refractivity contribution in [2.24, 2.45) is 0 Å². The summed E-state index contributed by atoms with van der Waals surface area (Å²) in [6.45, 7) is 4.93. The first-order chi connectivity index (χ1) is 8.80. The Hall–Kier alpha value is -1.06. The molecular weight excluding hydrogens is 226 g/mol. The predicted octanol–water partition coefficient (Wildman–Crippen LogP) is 2.09. The highest BCUT2D eigenvalue weighted by atomic mass is 16.5. The molecule has 0 spiro atoms. The fraction of sp³-hybridized carbons (Fsp3) is 0.600. The van der Waals surface area contributed by atoms with E-state index in [-0.39, 0.29) is 12.0 Å². The van der Waals surface area contributed by atoms with Gasteiger partial charge in [-0.2, -0.15) is 0 Å². The molecule has 0 amide bonds. The van der Waals surface area contributed by atoms with Gasteiger partial charge in [0.25, 0.3) is 0 Å². The Labute approximate surface area is 109 Å². The molecular formula is C15H23NO2. The molecule has 0 bridgehead atoms. The topological polar surface area (TPSA) is 41.5 Å². The molecule has 0 radical (unpaired) electrons. The van der Waals surface area contributed by atoms with Crippen molar-refractivity contribution in [2.75, 3.05) is 26.3 Å². The van der Waals surface area contributed by atoms with E-state index < -0.39 is 0 Å². The van der Waals surface area contributed by atoms with E-state index >= 15 is 0 Å². The number of rotatable bonds is 4. The number of hydrogen-bond acceptors (Lipinski definition) is 3. The fourth-order valence-corrected chi connectivity index (χ4v) is 2.74. The second-order valence-corrected chi connectivity index (χ2v) is 5.00. The maximum Gasteiger partial charge on any atom is 0.119 e. The van der Waals surface area contributed by atoms with E-state index in [1.54, 1.807) is 0 Å². The molecule has 2 rings (SSSR count). The summed E-state index contributed by atoms with van der Waals surface area (Å²) in [5.41, 5.74) is 1.16. The largest absolute Gasteiger partial charge is 0.494 e. The van der Waals surface area contributed by atoms with Crippen LogP contribution in [-0.4, -0.2) is 31.4 Å². The molecule has 1 heterocycles. The van der Waals surface area contributed by atoms with Gasteiger partial charge in [-0.1, -0.05) is 12.1 Å². The van der Waals surface area contributed by atoms with E-state index in [9.17, 15) is 5.11 Å². The SMILES string of the molecule is CCOc1ccc(C2(CO)CCCNCC2)cc1. The van der Waals surface area contributed by atoms with Gasteiger partial charge < -0.3 is 15.2 Å². The molecule has 100 valence electrons. The lowest BCUT2D eigenvalue weighted by Gasteiger charge is -2.31. The summed E-state index contributed by atoms with van der Waals surface area (Å²) in [5, 5.41) is 13.2. The molecule has 0 aliphatic carbocycles. The lowest BCUT2D eigenvalue weighted by Crippen LogP contribution is -2.31. The third-order valence-electron chi connectivity index (χ3n) is 3.87. The van der Waals surface area contributed by atoms with E-state index in [4.69, 9.17) is 4.74 Å². The maximum atomic E-state index is 9.83. The van der Waals surface area contributed by atoms with Gasteiger partial charge in [0.2, 0.25) is 0 Å². The number of benzene rings is 1. The minimum atomic E-state index is -0.0752. The third kappa shape index (κ3) is 2.85. The van der Waals surface area contributed by atoms with Crippen molar-refractivity contribution in [3.63, 3.8) is 0 Å². The summed E-state index contributed by atoms with van der Waals surface area (Å²) in [6, 6.07) is 8.22. The Balaban J connectivity index is 2.20. The Bertz CT molecular complexity index is 353. The molecule has 3 heteroatoms. The van der Waals surface area contributed by atoms with Crippen molar-refractivity contribution in [3.05, 3.63) is 29.8 Å². The molecule has 1 aliphatic heterocycles. The van der Waals surface area contributed by atoms with E-state index in [1.165, 1.54) is 5.56 Å². The molecule has 1 aromatic carbocycles. The minimum Gasteiger partial charge on any atom is -0.494 e. The molecule has 1 fully saturated rings. The average Bonchev–Trinajstić information content (AvgIpc) is 2.66. The highest BCUT2D eigenvalue weighted by Gasteiger charge is 2.32. The fourth-order valence-electron chi connectivity index (χ4n) is 2.74. The quantitative estimate of drug-likeness (QED) is 0.858. The minimum absolute atomic E-state index is 0.0752. The Kier molecular flexibility index (Phi) is 4.61. The zero-order chi connectivity index (χ0) is 12.8. The second-order valence-electron chi connectivity index (χ2n) is 5.00. The predicted molar refractivity (Wildman–Crippen MR) is 73.1 cm³/mol. The van der Waals surface area contributed by atoms with Crippen LogP contribution >= 0.6 is 0 Å². The first-order valence-electron chi connectivity index (χ1n) is 6.86. The van der Waals surface area contributed by atoms with Crippen molar-refractivity contribution < 1.29 is 9.84 Å². The summed E-state index contributed by atoms with van der Waals surface area (Å²) in [6.07, 6.45) is 3.16. The molecule has 1 atom stereocenters. The van der Waals surface area contributed by atoms with Crippen LogP contribution in [0.15, 0.2) is 24.3 Å². The monoisotopic (exact) mass is 249 g/mol. The molecule has 1 aromatic rings. The van der Waals surface area contributed by atoms with Gasteiger partial charge in [0.15, 0.2) is 0 Å². The van der Waals surface area contributed by atoms with Gasteiger partial charge in [-0.05, 0) is 57.0 Å². The molecule has 1 saturated heterocycles. The van der Waals surface area contributed by atoms with Crippen LogP contribution in [0.2, 0.25) is 0 Å². The first-order valence-corrected chi connectivity index (χ1v) is 6.86. The molecule has 2 N–H and O–H groups in total. The van der Waals surface area contributed by atoms with E-state index in [1.807, 2.05) is 19.1 Å². The van der Waals surface area contributed by atoms with E-state index in [0.717, 1.165) is 38.1 Å². The Morgan fingerprint density at radius 3 is 2.67 bits per heavy atom. The summed E-state index contributed by atoms with van der Waals surface area (Å²) in [5.74, 6) is 0.904. The number of aliphatic hydroxyl groups excluding tert-OH is 1. The van der Waals surface area contributed by atoms with Gasteiger partial charge in [-0.3, -0.25) is 0 Å². The van der Waals surface area contributed by atoms with Crippen molar-refractivity contribution >= 4 is 0 Å². The van der Waals surface area contributed by atoms with Gasteiger partial charge >= 0.3 is 0 Å². The van der Waals surface area contributed by atoms with Gasteiger partial charge in [0.1, 0.15) is 5.75 Å². The van der Waals surface area contributed by atoms with Crippen molar-refractivity contribution in [2.45, 2.75) is 31.6 Å². The average molecular weight is 249 g/mol. The Morgan fingerprint density at radius 2 is 2.00 bits per heavy atom. The highest BCUT2D eigenvalue weighted by molar-refractivity contribution is 5.33. The standard InChI is InChI=1S/C15H23NO2/c1-2-18-14-6-4-13(5-7-14)15(12-17)8-3-10-16-11-9-15/h4-7,16-17H,2-3,8-12H2,1H3. The number of nitrogens with one attached hydrogen (secondary N) is 1. The molecule has 1 unspecified atom stereocenters. The van der Waals surface area contributed by atoms with Crippen LogP contribution in [0.25, 0.3) is 0 Å². The summed E-state index contributed by atoms with van der Waals surface area (Å²) >= 11 is 0. The smallest absolute Gasteiger partial charge is 0.119 e. The summed E-state index contributed by atoms with van der Waals surface area (Å²) < 4.78 is 5.46. The van der Waals surface area contributed by atoms with Gasteiger partial charge in [-0.25, -0.2) is 0 Å². The zero-order valence-corrected chi connectivity index (χ0v) is 11.1. The summed E-state index contributed by atoms with van der Waals surface area (Å²) in [7, 11) is 0. The molecule has 18 heavy (non-hydrogen) atoms. The molecule has 3 nitrogen and oxygen atoms in total. The zero-order valence-electron chi connectivity index (χ0n) is 11.1. The van der Waals surface area contributed by atoms with Crippen LogP contribution in [0.5, 0.6) is 5.75 Å². The lowest BCUT2D eigenvalue weighted by atomic mass is 9.75. The van der Waals surface area contributed by atoms with Crippen LogP contribution in [-0.2, 0) is 5.41 Å². The van der Waals surface area contributed by atoms with Crippen LogP contribution in [0.3, 0.4) is 0 Å². The van der Waals surface area contributed by atoms with Crippen LogP contribution in [0, 0.1) is 0 Å². The first kappa shape index (κ1) is 13.4. The summed E-state index contributed by atoms with van der Waals surface area (Å²) in [4.78, 5) is 0. The number of hydrogen-bond donors (Lipinski definition) is 2. The van der Waals surface area contributed by atoms with Crippen LogP contribution in [0.1, 0.15) is 31.7 Å². The van der Waals surface area contributed by atoms with Crippen LogP contribution < -0.4 is 10.1 Å². The lowest BCUT2D eigenvalue weighted by molar-refractivity contribution is 0.178. The molecule has 0 aromatic heterocycles. The number of aliphatic hydroxyl groups is 1. The van der Waals surface area contributed by atoms with E-state index in [2.05, 4.69) is 17.4 Å². The second kappa shape index (κ2) is 6.21.